The van der Waals surface area contributed by atoms with Gasteiger partial charge in [0.2, 0.25) is 0 Å². The van der Waals surface area contributed by atoms with Crippen LogP contribution in [0.15, 0.2) is 53.7 Å². The summed E-state index contributed by atoms with van der Waals surface area (Å²) in [7, 11) is 0. The molecule has 2 aromatic heterocycles. The summed E-state index contributed by atoms with van der Waals surface area (Å²) in [5.41, 5.74) is 3.04. The first-order valence-electron chi connectivity index (χ1n) is 8.00. The average molecular weight is 370 g/mol. The molecular weight excluding hydrogens is 354 g/mol. The molecule has 4 aromatic rings. The largest absolute Gasteiger partial charge is 0.341 e. The molecule has 5 nitrogen and oxygen atoms in total. The molecule has 0 fully saturated rings. The van der Waals surface area contributed by atoms with E-state index in [0.717, 1.165) is 39.9 Å². The highest BCUT2D eigenvalue weighted by atomic mass is 35.5. The van der Waals surface area contributed by atoms with Crippen LogP contribution in [0.4, 0.5) is 0 Å². The fourth-order valence-electron chi connectivity index (χ4n) is 2.70. The zero-order chi connectivity index (χ0) is 17.2. The molecular formula is C18H16ClN5S. The van der Waals surface area contributed by atoms with Gasteiger partial charge in [0.15, 0.2) is 11.0 Å². The molecule has 0 saturated heterocycles. The maximum atomic E-state index is 5.97. The Hall–Kier alpha value is -2.31. The first-order valence-corrected chi connectivity index (χ1v) is 9.36. The SMILES string of the molecule is CCn1c(SCc2nc3ccccc3[nH]2)nnc1-c1ccc(Cl)cc1. The Labute approximate surface area is 154 Å². The number of nitrogens with zero attached hydrogens (tertiary/aromatic N) is 4. The van der Waals surface area contributed by atoms with Gasteiger partial charge in [-0.25, -0.2) is 4.98 Å². The van der Waals surface area contributed by atoms with Crippen LogP contribution in [0.5, 0.6) is 0 Å². The zero-order valence-electron chi connectivity index (χ0n) is 13.6. The summed E-state index contributed by atoms with van der Waals surface area (Å²) in [5, 5.41) is 10.3. The van der Waals surface area contributed by atoms with Crippen LogP contribution in [0.3, 0.4) is 0 Å². The standard InChI is InChI=1S/C18H16ClN5S/c1-2-24-17(12-7-9-13(19)10-8-12)22-23-18(24)25-11-16-20-14-5-3-4-6-15(14)21-16/h3-10H,2,11H2,1H3,(H,20,21). The van der Waals surface area contributed by atoms with Crippen LogP contribution in [-0.4, -0.2) is 24.7 Å². The molecule has 2 aromatic carbocycles. The zero-order valence-corrected chi connectivity index (χ0v) is 15.2. The van der Waals surface area contributed by atoms with Crippen molar-refractivity contribution in [3.05, 3.63) is 59.4 Å². The Morgan fingerprint density at radius 1 is 1.08 bits per heavy atom. The van der Waals surface area contributed by atoms with E-state index in [1.165, 1.54) is 0 Å². The van der Waals surface area contributed by atoms with Gasteiger partial charge in [0.05, 0.1) is 16.8 Å². The van der Waals surface area contributed by atoms with Crippen LogP contribution in [0.2, 0.25) is 5.02 Å². The van der Waals surface area contributed by atoms with E-state index in [1.807, 2.05) is 48.5 Å². The van der Waals surface area contributed by atoms with Gasteiger partial charge in [-0.2, -0.15) is 0 Å². The first kappa shape index (κ1) is 16.2. The fourth-order valence-corrected chi connectivity index (χ4v) is 3.70. The first-order chi connectivity index (χ1) is 12.2. The molecule has 0 aliphatic rings. The van der Waals surface area contributed by atoms with Crippen LogP contribution < -0.4 is 0 Å². The van der Waals surface area contributed by atoms with E-state index in [4.69, 9.17) is 11.6 Å². The maximum absolute atomic E-state index is 5.97. The predicted molar refractivity (Wildman–Crippen MR) is 102 cm³/mol. The number of thioether (sulfide) groups is 1. The van der Waals surface area contributed by atoms with Crippen LogP contribution >= 0.6 is 23.4 Å². The highest BCUT2D eigenvalue weighted by Crippen LogP contribution is 2.27. The quantitative estimate of drug-likeness (QED) is 0.514. The summed E-state index contributed by atoms with van der Waals surface area (Å²) < 4.78 is 2.11. The van der Waals surface area contributed by atoms with Crippen molar-refractivity contribution in [2.24, 2.45) is 0 Å². The van der Waals surface area contributed by atoms with E-state index in [-0.39, 0.29) is 0 Å². The summed E-state index contributed by atoms with van der Waals surface area (Å²) in [6, 6.07) is 15.7. The number of H-pyrrole nitrogens is 1. The third-order valence-electron chi connectivity index (χ3n) is 3.91. The van der Waals surface area contributed by atoms with Gasteiger partial charge < -0.3 is 9.55 Å². The molecule has 0 atom stereocenters. The summed E-state index contributed by atoms with van der Waals surface area (Å²) in [6.45, 7) is 2.89. The second kappa shape index (κ2) is 6.90. The number of aromatic amines is 1. The molecule has 25 heavy (non-hydrogen) atoms. The Morgan fingerprint density at radius 2 is 1.88 bits per heavy atom. The normalized spacial score (nSPS) is 11.3. The van der Waals surface area contributed by atoms with Gasteiger partial charge >= 0.3 is 0 Å². The number of benzene rings is 2. The van der Waals surface area contributed by atoms with Gasteiger partial charge in [-0.15, -0.1) is 10.2 Å². The lowest BCUT2D eigenvalue weighted by atomic mass is 10.2. The average Bonchev–Trinajstić information content (AvgIpc) is 3.23. The van der Waals surface area contributed by atoms with Crippen molar-refractivity contribution < 1.29 is 0 Å². The van der Waals surface area contributed by atoms with Gasteiger partial charge in [-0.05, 0) is 43.3 Å². The number of halogens is 1. The molecule has 1 N–H and O–H groups in total. The van der Waals surface area contributed by atoms with E-state index < -0.39 is 0 Å². The lowest BCUT2D eigenvalue weighted by Crippen LogP contribution is -2.00. The summed E-state index contributed by atoms with van der Waals surface area (Å²) in [4.78, 5) is 7.95. The topological polar surface area (TPSA) is 59.4 Å². The molecule has 0 amide bonds. The molecule has 4 rings (SSSR count). The second-order valence-electron chi connectivity index (χ2n) is 5.55. The van der Waals surface area contributed by atoms with Crippen LogP contribution in [-0.2, 0) is 12.3 Å². The second-order valence-corrected chi connectivity index (χ2v) is 6.93. The summed E-state index contributed by atoms with van der Waals surface area (Å²) in [6.07, 6.45) is 0. The summed E-state index contributed by atoms with van der Waals surface area (Å²) in [5.74, 6) is 2.50. The number of nitrogens with one attached hydrogen (secondary N) is 1. The number of hydrogen-bond acceptors (Lipinski definition) is 4. The molecule has 0 radical (unpaired) electrons. The van der Waals surface area contributed by atoms with E-state index in [9.17, 15) is 0 Å². The van der Waals surface area contributed by atoms with Gasteiger partial charge in [0, 0.05) is 17.1 Å². The predicted octanol–water partition coefficient (Wildman–Crippen LogP) is 4.79. The fraction of sp³-hybridized carbons (Fsp3) is 0.167. The number of fused-ring (bicyclic) bond motifs is 1. The Balaban J connectivity index is 1.57. The van der Waals surface area contributed by atoms with Crippen LogP contribution in [0.25, 0.3) is 22.4 Å². The Kier molecular flexibility index (Phi) is 4.46. The van der Waals surface area contributed by atoms with E-state index in [0.29, 0.717) is 10.8 Å². The highest BCUT2D eigenvalue weighted by molar-refractivity contribution is 7.98. The van der Waals surface area contributed by atoms with Crippen molar-refractivity contribution in [1.82, 2.24) is 24.7 Å². The minimum Gasteiger partial charge on any atom is -0.341 e. The van der Waals surface area contributed by atoms with Gasteiger partial charge in [0.1, 0.15) is 5.82 Å². The minimum atomic E-state index is 0.714. The van der Waals surface area contributed by atoms with Gasteiger partial charge in [-0.3, -0.25) is 0 Å². The third kappa shape index (κ3) is 3.27. The van der Waals surface area contributed by atoms with Gasteiger partial charge in [-0.1, -0.05) is 35.5 Å². The molecule has 126 valence electrons. The maximum Gasteiger partial charge on any atom is 0.191 e. The van der Waals surface area contributed by atoms with Crippen molar-refractivity contribution in [1.29, 1.82) is 0 Å². The molecule has 0 unspecified atom stereocenters. The lowest BCUT2D eigenvalue weighted by Gasteiger charge is -2.06. The van der Waals surface area contributed by atoms with E-state index in [1.54, 1.807) is 11.8 Å². The Bertz CT molecular complexity index is 973. The number of aromatic nitrogens is 5. The molecule has 0 saturated carbocycles. The van der Waals surface area contributed by atoms with Crippen molar-refractivity contribution in [2.45, 2.75) is 24.4 Å². The number of para-hydroxylation sites is 2. The van der Waals surface area contributed by atoms with Crippen molar-refractivity contribution in [3.8, 4) is 11.4 Å². The van der Waals surface area contributed by atoms with Crippen molar-refractivity contribution in [3.63, 3.8) is 0 Å². The Morgan fingerprint density at radius 3 is 2.64 bits per heavy atom. The molecule has 2 heterocycles. The van der Waals surface area contributed by atoms with E-state index in [2.05, 4.69) is 31.7 Å². The number of hydrogen-bond donors (Lipinski definition) is 1. The molecule has 0 aliphatic carbocycles. The van der Waals surface area contributed by atoms with Crippen molar-refractivity contribution >= 4 is 34.4 Å². The molecule has 0 bridgehead atoms. The minimum absolute atomic E-state index is 0.714. The number of rotatable bonds is 5. The lowest BCUT2D eigenvalue weighted by molar-refractivity contribution is 0.687. The van der Waals surface area contributed by atoms with Crippen LogP contribution in [0, 0.1) is 0 Å². The number of imidazole rings is 1. The smallest absolute Gasteiger partial charge is 0.191 e. The van der Waals surface area contributed by atoms with E-state index >= 15 is 0 Å². The summed E-state index contributed by atoms with van der Waals surface area (Å²) >= 11 is 7.60. The molecule has 0 spiro atoms. The van der Waals surface area contributed by atoms with Crippen LogP contribution in [0.1, 0.15) is 12.7 Å². The van der Waals surface area contributed by atoms with Gasteiger partial charge in [0.25, 0.3) is 0 Å². The highest BCUT2D eigenvalue weighted by Gasteiger charge is 2.14. The molecule has 0 aliphatic heterocycles. The molecule has 7 heteroatoms. The monoisotopic (exact) mass is 369 g/mol. The third-order valence-corrected chi connectivity index (χ3v) is 5.14. The van der Waals surface area contributed by atoms with Crippen molar-refractivity contribution in [2.75, 3.05) is 0 Å².